The summed E-state index contributed by atoms with van der Waals surface area (Å²) in [6, 6.07) is 6.19. The van der Waals surface area contributed by atoms with E-state index in [1.165, 1.54) is 10.9 Å². The first-order chi connectivity index (χ1) is 8.99. The number of aromatic amines is 1. The van der Waals surface area contributed by atoms with E-state index in [4.69, 9.17) is 0 Å². The van der Waals surface area contributed by atoms with Gasteiger partial charge in [0.1, 0.15) is 0 Å². The molecule has 2 atom stereocenters. The van der Waals surface area contributed by atoms with E-state index in [2.05, 4.69) is 40.8 Å². The number of nitrogens with one attached hydrogen (secondary N) is 1. The zero-order valence-corrected chi connectivity index (χ0v) is 13.0. The number of hydrogen-bond acceptors (Lipinski definition) is 1. The van der Waals surface area contributed by atoms with Gasteiger partial charge in [-0.25, -0.2) is 0 Å². The molecule has 1 heterocycles. The van der Waals surface area contributed by atoms with Crippen molar-refractivity contribution < 1.29 is 4.79 Å². The summed E-state index contributed by atoms with van der Waals surface area (Å²) in [5.41, 5.74) is 3.14. The maximum atomic E-state index is 12.4. The van der Waals surface area contributed by atoms with Crippen molar-refractivity contribution in [3.8, 4) is 0 Å². The Hall–Kier alpha value is -1.09. The molecule has 0 saturated carbocycles. The van der Waals surface area contributed by atoms with Crippen LogP contribution in [0.5, 0.6) is 0 Å². The molecular formula is C16H18BrNO. The van der Waals surface area contributed by atoms with Crippen LogP contribution in [0.4, 0.5) is 0 Å². The molecule has 0 radical (unpaired) electrons. The third kappa shape index (κ3) is 1.95. The van der Waals surface area contributed by atoms with Crippen molar-refractivity contribution in [2.45, 2.75) is 33.1 Å². The summed E-state index contributed by atoms with van der Waals surface area (Å²) < 4.78 is 1.07. The van der Waals surface area contributed by atoms with Crippen molar-refractivity contribution in [3.63, 3.8) is 0 Å². The smallest absolute Gasteiger partial charge is 0.182 e. The highest BCUT2D eigenvalue weighted by molar-refractivity contribution is 9.10. The Morgan fingerprint density at radius 1 is 1.37 bits per heavy atom. The molecule has 1 aromatic carbocycles. The zero-order valence-electron chi connectivity index (χ0n) is 11.5. The van der Waals surface area contributed by atoms with Gasteiger partial charge in [-0.2, -0.15) is 0 Å². The summed E-state index contributed by atoms with van der Waals surface area (Å²) in [5, 5.41) is 1.20. The molecule has 19 heavy (non-hydrogen) atoms. The van der Waals surface area contributed by atoms with Gasteiger partial charge in [0.05, 0.1) is 5.69 Å². The number of rotatable bonds is 1. The Labute approximate surface area is 121 Å². The fraction of sp³-hybridized carbons (Fsp3) is 0.438. The van der Waals surface area contributed by atoms with Crippen molar-refractivity contribution in [1.29, 1.82) is 0 Å². The van der Waals surface area contributed by atoms with Crippen LogP contribution in [0.15, 0.2) is 22.7 Å². The summed E-state index contributed by atoms with van der Waals surface area (Å²) >= 11 is 3.53. The molecule has 3 rings (SSSR count). The Balaban J connectivity index is 2.31. The van der Waals surface area contributed by atoms with Crippen LogP contribution in [0.2, 0.25) is 0 Å². The molecule has 0 saturated heterocycles. The van der Waals surface area contributed by atoms with Gasteiger partial charge in [-0.15, -0.1) is 0 Å². The number of Topliss-reactive ketones (excluding diaryl/α,β-unsaturated/α-hetero) is 1. The predicted octanol–water partition coefficient (Wildman–Crippen LogP) is 4.89. The molecule has 3 heteroatoms. The van der Waals surface area contributed by atoms with Crippen LogP contribution >= 0.6 is 15.9 Å². The van der Waals surface area contributed by atoms with E-state index in [-0.39, 0.29) is 11.7 Å². The molecule has 1 aromatic heterocycles. The molecule has 0 amide bonds. The van der Waals surface area contributed by atoms with Gasteiger partial charge >= 0.3 is 0 Å². The summed E-state index contributed by atoms with van der Waals surface area (Å²) in [7, 11) is 0. The zero-order chi connectivity index (χ0) is 13.7. The lowest BCUT2D eigenvalue weighted by Gasteiger charge is -2.29. The maximum absolute atomic E-state index is 12.4. The van der Waals surface area contributed by atoms with Gasteiger partial charge in [-0.3, -0.25) is 4.79 Å². The normalized spacial score (nSPS) is 23.1. The van der Waals surface area contributed by atoms with E-state index < -0.39 is 0 Å². The first-order valence-corrected chi connectivity index (χ1v) is 7.63. The minimum Gasteiger partial charge on any atom is -0.352 e. The average molecular weight is 320 g/mol. The third-order valence-corrected chi connectivity index (χ3v) is 4.77. The standard InChI is InChI=1S/C16H18BrNO/c1-8(2)11-6-9(3)16(19)15-14(11)12-7-10(17)4-5-13(12)18-15/h4-5,7-9,11,18H,6H2,1-3H3/t9-,11?/m1/s1. The van der Waals surface area contributed by atoms with Gasteiger partial charge in [-0.05, 0) is 42.0 Å². The van der Waals surface area contributed by atoms with E-state index in [0.717, 1.165) is 22.1 Å². The fourth-order valence-electron chi connectivity index (χ4n) is 3.22. The van der Waals surface area contributed by atoms with Crippen LogP contribution in [0.25, 0.3) is 10.9 Å². The van der Waals surface area contributed by atoms with Crippen molar-refractivity contribution in [1.82, 2.24) is 4.98 Å². The molecular weight excluding hydrogens is 302 g/mol. The fourth-order valence-corrected chi connectivity index (χ4v) is 3.58. The molecule has 0 bridgehead atoms. The minimum atomic E-state index is 0.122. The average Bonchev–Trinajstić information content (AvgIpc) is 2.72. The lowest BCUT2D eigenvalue weighted by atomic mass is 9.74. The highest BCUT2D eigenvalue weighted by atomic mass is 79.9. The van der Waals surface area contributed by atoms with Crippen LogP contribution in [-0.4, -0.2) is 10.8 Å². The number of fused-ring (bicyclic) bond motifs is 3. The van der Waals surface area contributed by atoms with Crippen molar-refractivity contribution in [2.24, 2.45) is 11.8 Å². The summed E-state index contributed by atoms with van der Waals surface area (Å²) in [6.07, 6.45) is 0.961. The topological polar surface area (TPSA) is 32.9 Å². The van der Waals surface area contributed by atoms with Gasteiger partial charge in [0.15, 0.2) is 5.78 Å². The number of ketones is 1. The quantitative estimate of drug-likeness (QED) is 0.797. The van der Waals surface area contributed by atoms with E-state index in [1.807, 2.05) is 19.1 Å². The van der Waals surface area contributed by atoms with Gasteiger partial charge in [0.2, 0.25) is 0 Å². The second kappa shape index (κ2) is 4.48. The van der Waals surface area contributed by atoms with Crippen LogP contribution in [-0.2, 0) is 0 Å². The number of benzene rings is 1. The molecule has 0 spiro atoms. The highest BCUT2D eigenvalue weighted by Gasteiger charge is 2.35. The van der Waals surface area contributed by atoms with Crippen molar-refractivity contribution >= 4 is 32.6 Å². The number of hydrogen-bond donors (Lipinski definition) is 1. The van der Waals surface area contributed by atoms with Crippen LogP contribution in [0.3, 0.4) is 0 Å². The Morgan fingerprint density at radius 2 is 2.11 bits per heavy atom. The molecule has 2 nitrogen and oxygen atoms in total. The molecule has 1 unspecified atom stereocenters. The second-order valence-electron chi connectivity index (χ2n) is 5.96. The van der Waals surface area contributed by atoms with Crippen LogP contribution in [0, 0.1) is 11.8 Å². The summed E-state index contributed by atoms with van der Waals surface area (Å²) in [4.78, 5) is 15.7. The molecule has 1 aliphatic rings. The Morgan fingerprint density at radius 3 is 2.79 bits per heavy atom. The van der Waals surface area contributed by atoms with Gasteiger partial charge in [0, 0.05) is 21.3 Å². The first-order valence-electron chi connectivity index (χ1n) is 6.84. The molecule has 2 aromatic rings. The lowest BCUT2D eigenvalue weighted by Crippen LogP contribution is -2.25. The molecule has 1 N–H and O–H groups in total. The van der Waals surface area contributed by atoms with Gasteiger partial charge in [0.25, 0.3) is 0 Å². The third-order valence-electron chi connectivity index (χ3n) is 4.28. The number of H-pyrrole nitrogens is 1. The molecule has 1 aliphatic carbocycles. The molecule has 100 valence electrons. The van der Waals surface area contributed by atoms with E-state index in [1.54, 1.807) is 0 Å². The summed E-state index contributed by atoms with van der Waals surface area (Å²) in [6.45, 7) is 6.53. The first kappa shape index (κ1) is 12.9. The Kier molecular flexibility index (Phi) is 3.05. The molecule has 0 fully saturated rings. The monoisotopic (exact) mass is 319 g/mol. The number of carbonyl (C=O) groups excluding carboxylic acids is 1. The van der Waals surface area contributed by atoms with E-state index in [9.17, 15) is 4.79 Å². The minimum absolute atomic E-state index is 0.122. The molecule has 0 aliphatic heterocycles. The number of aromatic nitrogens is 1. The SMILES string of the molecule is CC(C)C1C[C@@H](C)C(=O)c2[nH]c3ccc(Br)cc3c21. The largest absolute Gasteiger partial charge is 0.352 e. The predicted molar refractivity (Wildman–Crippen MR) is 81.7 cm³/mol. The number of carbonyl (C=O) groups is 1. The Bertz CT molecular complexity index is 656. The lowest BCUT2D eigenvalue weighted by molar-refractivity contribution is 0.0894. The van der Waals surface area contributed by atoms with Crippen molar-refractivity contribution in [2.75, 3.05) is 0 Å². The van der Waals surface area contributed by atoms with Crippen molar-refractivity contribution in [3.05, 3.63) is 33.9 Å². The van der Waals surface area contributed by atoms with Crippen LogP contribution < -0.4 is 0 Å². The van der Waals surface area contributed by atoms with Gasteiger partial charge < -0.3 is 4.98 Å². The summed E-state index contributed by atoms with van der Waals surface area (Å²) in [5.74, 6) is 1.40. The van der Waals surface area contributed by atoms with E-state index in [0.29, 0.717) is 11.8 Å². The van der Waals surface area contributed by atoms with Crippen LogP contribution in [0.1, 0.15) is 49.2 Å². The second-order valence-corrected chi connectivity index (χ2v) is 6.87. The highest BCUT2D eigenvalue weighted by Crippen LogP contribution is 2.43. The maximum Gasteiger partial charge on any atom is 0.182 e. The van der Waals surface area contributed by atoms with E-state index >= 15 is 0 Å². The van der Waals surface area contributed by atoms with Gasteiger partial charge in [-0.1, -0.05) is 36.7 Å². The number of halogens is 1.